The first-order valence-corrected chi connectivity index (χ1v) is 7.51. The summed E-state index contributed by atoms with van der Waals surface area (Å²) in [4.78, 5) is 34.6. The van der Waals surface area contributed by atoms with Crippen molar-refractivity contribution in [3.05, 3.63) is 65.2 Å². The van der Waals surface area contributed by atoms with Crippen molar-refractivity contribution >= 4 is 17.5 Å². The summed E-state index contributed by atoms with van der Waals surface area (Å²) in [6.45, 7) is -0.452. The monoisotopic (exact) mass is 337 g/mol. The van der Waals surface area contributed by atoms with E-state index in [0.717, 1.165) is 0 Å². The molecule has 0 amide bonds. The lowest BCUT2D eigenvalue weighted by Crippen LogP contribution is -2.09. The summed E-state index contributed by atoms with van der Waals surface area (Å²) in [7, 11) is 0. The Morgan fingerprint density at radius 3 is 1.80 bits per heavy atom. The maximum atomic E-state index is 12.1. The Hall–Kier alpha value is -3.46. The molecular formula is C19H15NO5. The van der Waals surface area contributed by atoms with E-state index >= 15 is 0 Å². The standard InChI is InChI=1S/C19H15NO5/c20-11-13-1-3-14(4-2-13)17(21)9-10-18(22)15-5-7-16(8-6-15)25-12-19(23)24/h1-8H,9-10,12H2,(H,23,24). The van der Waals surface area contributed by atoms with Crippen LogP contribution >= 0.6 is 0 Å². The fourth-order valence-corrected chi connectivity index (χ4v) is 2.13. The number of carboxylic acid groups (broad SMARTS) is 1. The van der Waals surface area contributed by atoms with Gasteiger partial charge in [0.2, 0.25) is 0 Å². The molecule has 6 heteroatoms. The molecule has 0 fully saturated rings. The molecule has 0 bridgehead atoms. The van der Waals surface area contributed by atoms with Gasteiger partial charge in [0.1, 0.15) is 5.75 Å². The van der Waals surface area contributed by atoms with E-state index in [1.165, 1.54) is 24.3 Å². The van der Waals surface area contributed by atoms with Crippen molar-refractivity contribution < 1.29 is 24.2 Å². The summed E-state index contributed by atoms with van der Waals surface area (Å²) >= 11 is 0. The number of hydrogen-bond donors (Lipinski definition) is 1. The van der Waals surface area contributed by atoms with Crippen molar-refractivity contribution in [2.24, 2.45) is 0 Å². The summed E-state index contributed by atoms with van der Waals surface area (Å²) < 4.78 is 4.99. The minimum atomic E-state index is -1.08. The number of rotatable bonds is 8. The van der Waals surface area contributed by atoms with Gasteiger partial charge >= 0.3 is 5.97 Å². The molecule has 0 heterocycles. The van der Waals surface area contributed by atoms with Gasteiger partial charge < -0.3 is 9.84 Å². The van der Waals surface area contributed by atoms with Crippen LogP contribution in [0.2, 0.25) is 0 Å². The molecule has 126 valence electrons. The molecule has 0 aromatic heterocycles. The average molecular weight is 337 g/mol. The Morgan fingerprint density at radius 2 is 1.36 bits per heavy atom. The first-order valence-electron chi connectivity index (χ1n) is 7.51. The third-order valence-corrected chi connectivity index (χ3v) is 3.45. The number of Topliss-reactive ketones (excluding diaryl/α,β-unsaturated/α-hetero) is 2. The largest absolute Gasteiger partial charge is 0.482 e. The van der Waals surface area contributed by atoms with Gasteiger partial charge in [-0.25, -0.2) is 4.79 Å². The molecule has 0 saturated carbocycles. The van der Waals surface area contributed by atoms with Crippen LogP contribution in [0.4, 0.5) is 0 Å². The molecule has 0 saturated heterocycles. The van der Waals surface area contributed by atoms with Gasteiger partial charge in [0.25, 0.3) is 0 Å². The Morgan fingerprint density at radius 1 is 0.880 bits per heavy atom. The molecule has 0 atom stereocenters. The minimum Gasteiger partial charge on any atom is -0.482 e. The number of benzene rings is 2. The third kappa shape index (κ3) is 5.29. The molecular weight excluding hydrogens is 322 g/mol. The van der Waals surface area contributed by atoms with Crippen molar-refractivity contribution in [2.75, 3.05) is 6.61 Å². The van der Waals surface area contributed by atoms with E-state index < -0.39 is 12.6 Å². The number of ether oxygens (including phenoxy) is 1. The van der Waals surface area contributed by atoms with E-state index in [0.29, 0.717) is 22.4 Å². The highest BCUT2D eigenvalue weighted by Crippen LogP contribution is 2.15. The number of carboxylic acids is 1. The van der Waals surface area contributed by atoms with Crippen molar-refractivity contribution in [2.45, 2.75) is 12.8 Å². The second-order valence-electron chi connectivity index (χ2n) is 5.24. The second kappa shape index (κ2) is 8.41. The number of carbonyl (C=O) groups is 3. The predicted octanol–water partition coefficient (Wildman–Crippen LogP) is 2.87. The van der Waals surface area contributed by atoms with Gasteiger partial charge in [0.05, 0.1) is 11.6 Å². The van der Waals surface area contributed by atoms with Crippen molar-refractivity contribution in [1.29, 1.82) is 5.26 Å². The van der Waals surface area contributed by atoms with Gasteiger partial charge in [0.15, 0.2) is 18.2 Å². The number of carbonyl (C=O) groups excluding carboxylic acids is 2. The van der Waals surface area contributed by atoms with Crippen LogP contribution in [0, 0.1) is 11.3 Å². The number of ketones is 2. The van der Waals surface area contributed by atoms with Crippen molar-refractivity contribution in [1.82, 2.24) is 0 Å². The van der Waals surface area contributed by atoms with E-state index in [4.69, 9.17) is 15.1 Å². The van der Waals surface area contributed by atoms with E-state index in [1.807, 2.05) is 6.07 Å². The zero-order valence-corrected chi connectivity index (χ0v) is 13.3. The Labute approximate surface area is 144 Å². The Bertz CT molecular complexity index is 816. The zero-order valence-electron chi connectivity index (χ0n) is 13.3. The summed E-state index contributed by atoms with van der Waals surface area (Å²) in [5.41, 5.74) is 1.36. The smallest absolute Gasteiger partial charge is 0.341 e. The van der Waals surface area contributed by atoms with Crippen LogP contribution in [0.3, 0.4) is 0 Å². The lowest BCUT2D eigenvalue weighted by Gasteiger charge is -2.05. The first kappa shape index (κ1) is 17.9. The lowest BCUT2D eigenvalue weighted by atomic mass is 10.0. The van der Waals surface area contributed by atoms with E-state index in [2.05, 4.69) is 0 Å². The molecule has 2 aromatic carbocycles. The molecule has 0 radical (unpaired) electrons. The van der Waals surface area contributed by atoms with Crippen LogP contribution in [-0.2, 0) is 4.79 Å². The van der Waals surface area contributed by atoms with Gasteiger partial charge in [-0.3, -0.25) is 9.59 Å². The normalized spacial score (nSPS) is 9.88. The topological polar surface area (TPSA) is 104 Å². The summed E-state index contributed by atoms with van der Waals surface area (Å²) in [6.07, 6.45) is 0.135. The minimum absolute atomic E-state index is 0.0637. The van der Waals surface area contributed by atoms with Crippen LogP contribution in [0.1, 0.15) is 39.1 Å². The van der Waals surface area contributed by atoms with E-state index in [9.17, 15) is 14.4 Å². The third-order valence-electron chi connectivity index (χ3n) is 3.45. The maximum absolute atomic E-state index is 12.1. The second-order valence-corrected chi connectivity index (χ2v) is 5.24. The molecule has 0 unspecified atom stereocenters. The molecule has 25 heavy (non-hydrogen) atoms. The highest BCUT2D eigenvalue weighted by molar-refractivity contribution is 6.02. The van der Waals surface area contributed by atoms with Crippen LogP contribution in [-0.4, -0.2) is 29.2 Å². The van der Waals surface area contributed by atoms with Crippen LogP contribution in [0.5, 0.6) is 5.75 Å². The van der Waals surface area contributed by atoms with Crippen molar-refractivity contribution in [3.8, 4) is 11.8 Å². The van der Waals surface area contributed by atoms with Crippen LogP contribution in [0.25, 0.3) is 0 Å². The predicted molar refractivity (Wildman–Crippen MR) is 88.6 cm³/mol. The van der Waals surface area contributed by atoms with Crippen LogP contribution in [0.15, 0.2) is 48.5 Å². The molecule has 0 aliphatic rings. The quantitative estimate of drug-likeness (QED) is 0.743. The summed E-state index contributed by atoms with van der Waals surface area (Å²) in [5, 5.41) is 17.3. The molecule has 0 spiro atoms. The molecule has 1 N–H and O–H groups in total. The number of nitriles is 1. The highest BCUT2D eigenvalue weighted by Gasteiger charge is 2.11. The highest BCUT2D eigenvalue weighted by atomic mass is 16.5. The van der Waals surface area contributed by atoms with Gasteiger partial charge in [-0.05, 0) is 36.4 Å². The van der Waals surface area contributed by atoms with Gasteiger partial charge in [-0.1, -0.05) is 12.1 Å². The molecule has 0 aliphatic carbocycles. The first-order chi connectivity index (χ1) is 12.0. The van der Waals surface area contributed by atoms with Crippen LogP contribution < -0.4 is 4.74 Å². The van der Waals surface area contributed by atoms with E-state index in [-0.39, 0.29) is 24.4 Å². The summed E-state index contributed by atoms with van der Waals surface area (Å²) in [5.74, 6) is -1.08. The maximum Gasteiger partial charge on any atom is 0.341 e. The van der Waals surface area contributed by atoms with E-state index in [1.54, 1.807) is 24.3 Å². The lowest BCUT2D eigenvalue weighted by molar-refractivity contribution is -0.139. The molecule has 0 aliphatic heterocycles. The molecule has 2 rings (SSSR count). The zero-order chi connectivity index (χ0) is 18.2. The summed E-state index contributed by atoms with van der Waals surface area (Å²) in [6, 6.07) is 14.3. The van der Waals surface area contributed by atoms with Gasteiger partial charge in [0, 0.05) is 24.0 Å². The molecule has 2 aromatic rings. The Balaban J connectivity index is 1.89. The fourth-order valence-electron chi connectivity index (χ4n) is 2.13. The fraction of sp³-hybridized carbons (Fsp3) is 0.158. The van der Waals surface area contributed by atoms with Gasteiger partial charge in [-0.2, -0.15) is 5.26 Å². The number of hydrogen-bond acceptors (Lipinski definition) is 5. The number of nitrogens with zero attached hydrogens (tertiary/aromatic N) is 1. The van der Waals surface area contributed by atoms with Crippen molar-refractivity contribution in [3.63, 3.8) is 0 Å². The van der Waals surface area contributed by atoms with Gasteiger partial charge in [-0.15, -0.1) is 0 Å². The SMILES string of the molecule is N#Cc1ccc(C(=O)CCC(=O)c2ccc(OCC(=O)O)cc2)cc1. The average Bonchev–Trinajstić information content (AvgIpc) is 2.64. The Kier molecular flexibility index (Phi) is 6.02. The number of aliphatic carboxylic acids is 1. The molecule has 6 nitrogen and oxygen atoms in total.